The Balaban J connectivity index is 1.77. The van der Waals surface area contributed by atoms with Gasteiger partial charge in [-0.1, -0.05) is 29.8 Å². The molecule has 0 bridgehead atoms. The minimum absolute atomic E-state index is 0.527. The molecule has 0 spiro atoms. The number of aromatic nitrogens is 5. The van der Waals surface area contributed by atoms with E-state index in [9.17, 15) is 0 Å². The van der Waals surface area contributed by atoms with Gasteiger partial charge >= 0.3 is 0 Å². The molecule has 4 rings (SSSR count). The van der Waals surface area contributed by atoms with Crippen molar-refractivity contribution in [2.75, 3.05) is 12.4 Å². The molecule has 0 fully saturated rings. The number of nitrogens with zero attached hydrogens (tertiary/aromatic N) is 4. The Hall–Kier alpha value is -3.74. The van der Waals surface area contributed by atoms with Gasteiger partial charge in [0.25, 0.3) is 0 Å². The Morgan fingerprint density at radius 3 is 2.33 bits per heavy atom. The van der Waals surface area contributed by atoms with Gasteiger partial charge in [-0.2, -0.15) is 5.10 Å². The van der Waals surface area contributed by atoms with Gasteiger partial charge in [-0.3, -0.25) is 5.10 Å². The molecular formula is C20H18N6O. The summed E-state index contributed by atoms with van der Waals surface area (Å²) >= 11 is 0. The normalized spacial score (nSPS) is 10.6. The maximum absolute atomic E-state index is 5.21. The van der Waals surface area contributed by atoms with Crippen molar-refractivity contribution in [3.8, 4) is 28.4 Å². The van der Waals surface area contributed by atoms with Crippen LogP contribution in [0.3, 0.4) is 0 Å². The van der Waals surface area contributed by atoms with Gasteiger partial charge in [0, 0.05) is 17.3 Å². The summed E-state index contributed by atoms with van der Waals surface area (Å²) in [5.41, 5.74) is 4.44. The van der Waals surface area contributed by atoms with Crippen LogP contribution < -0.4 is 10.1 Å². The van der Waals surface area contributed by atoms with Gasteiger partial charge < -0.3 is 10.1 Å². The molecule has 0 atom stereocenters. The van der Waals surface area contributed by atoms with Gasteiger partial charge in [0.2, 0.25) is 0 Å². The highest BCUT2D eigenvalue weighted by molar-refractivity contribution is 5.76. The van der Waals surface area contributed by atoms with Crippen molar-refractivity contribution in [3.05, 3.63) is 66.5 Å². The number of anilines is 2. The fraction of sp³-hybridized carbons (Fsp3) is 0.100. The summed E-state index contributed by atoms with van der Waals surface area (Å²) < 4.78 is 5.21. The quantitative estimate of drug-likeness (QED) is 0.561. The number of methoxy groups -OCH3 is 1. The molecule has 0 aliphatic carbocycles. The fourth-order valence-electron chi connectivity index (χ4n) is 2.64. The Bertz CT molecular complexity index is 1030. The third-order valence-electron chi connectivity index (χ3n) is 4.12. The number of benzene rings is 2. The summed E-state index contributed by atoms with van der Waals surface area (Å²) in [4.78, 5) is 4.70. The molecular weight excluding hydrogens is 340 g/mol. The van der Waals surface area contributed by atoms with Crippen LogP contribution in [0.25, 0.3) is 22.6 Å². The monoisotopic (exact) mass is 358 g/mol. The molecule has 7 nitrogen and oxygen atoms in total. The predicted molar refractivity (Wildman–Crippen MR) is 104 cm³/mol. The molecule has 134 valence electrons. The van der Waals surface area contributed by atoms with Crippen molar-refractivity contribution in [2.45, 2.75) is 6.92 Å². The number of aromatic amines is 1. The van der Waals surface area contributed by atoms with Gasteiger partial charge in [0.05, 0.1) is 19.0 Å². The van der Waals surface area contributed by atoms with Crippen LogP contribution in [0.15, 0.2) is 60.9 Å². The molecule has 0 amide bonds. The molecule has 0 unspecified atom stereocenters. The standard InChI is InChI=1S/C20H18N6O/c1-13-3-5-14(6-4-13)18-20(23-16-11-21-22-12-16)24-19(26-25-18)15-7-9-17(27-2)10-8-15/h3-12H,1-2H3,(H,21,22)(H,23,24,26). The fourth-order valence-corrected chi connectivity index (χ4v) is 2.64. The number of ether oxygens (including phenoxy) is 1. The minimum Gasteiger partial charge on any atom is -0.497 e. The topological polar surface area (TPSA) is 88.6 Å². The molecule has 27 heavy (non-hydrogen) atoms. The molecule has 0 radical (unpaired) electrons. The minimum atomic E-state index is 0.527. The predicted octanol–water partition coefficient (Wildman–Crippen LogP) is 3.99. The van der Waals surface area contributed by atoms with Crippen LogP contribution in [0.4, 0.5) is 11.5 Å². The molecule has 7 heteroatoms. The van der Waals surface area contributed by atoms with E-state index in [1.807, 2.05) is 55.5 Å². The van der Waals surface area contributed by atoms with Crippen LogP contribution in [0.5, 0.6) is 5.75 Å². The van der Waals surface area contributed by atoms with Crippen molar-refractivity contribution in [3.63, 3.8) is 0 Å². The van der Waals surface area contributed by atoms with Crippen LogP contribution in [-0.4, -0.2) is 32.5 Å². The van der Waals surface area contributed by atoms with E-state index in [0.717, 1.165) is 22.6 Å². The SMILES string of the molecule is COc1ccc(-c2nnc(-c3ccc(C)cc3)c(Nc3cn[nH]c3)n2)cc1. The molecule has 0 aliphatic rings. The van der Waals surface area contributed by atoms with E-state index in [1.165, 1.54) is 5.56 Å². The van der Waals surface area contributed by atoms with E-state index in [1.54, 1.807) is 19.5 Å². The number of H-pyrrole nitrogens is 1. The smallest absolute Gasteiger partial charge is 0.183 e. The Morgan fingerprint density at radius 2 is 1.67 bits per heavy atom. The maximum Gasteiger partial charge on any atom is 0.183 e. The van der Waals surface area contributed by atoms with Crippen LogP contribution in [0.2, 0.25) is 0 Å². The lowest BCUT2D eigenvalue weighted by molar-refractivity contribution is 0.415. The zero-order chi connectivity index (χ0) is 18.6. The van der Waals surface area contributed by atoms with Crippen molar-refractivity contribution in [1.82, 2.24) is 25.4 Å². The summed E-state index contributed by atoms with van der Waals surface area (Å²) in [6.45, 7) is 2.05. The first-order chi connectivity index (χ1) is 13.2. The van der Waals surface area contributed by atoms with Gasteiger partial charge in [-0.15, -0.1) is 10.2 Å². The molecule has 2 N–H and O–H groups in total. The lowest BCUT2D eigenvalue weighted by Gasteiger charge is -2.11. The lowest BCUT2D eigenvalue weighted by atomic mass is 10.1. The first-order valence-corrected chi connectivity index (χ1v) is 8.45. The Morgan fingerprint density at radius 1 is 0.926 bits per heavy atom. The Kier molecular flexibility index (Phi) is 4.49. The molecule has 2 heterocycles. The average Bonchev–Trinajstić information content (AvgIpc) is 3.22. The number of rotatable bonds is 5. The number of nitrogens with one attached hydrogen (secondary N) is 2. The number of aryl methyl sites for hydroxylation is 1. The summed E-state index contributed by atoms with van der Waals surface area (Å²) in [5.74, 6) is 1.92. The van der Waals surface area contributed by atoms with Gasteiger partial charge in [-0.05, 0) is 31.2 Å². The summed E-state index contributed by atoms with van der Waals surface area (Å²) in [5, 5.41) is 18.8. The molecule has 0 saturated carbocycles. The van der Waals surface area contributed by atoms with E-state index < -0.39 is 0 Å². The van der Waals surface area contributed by atoms with Crippen molar-refractivity contribution in [1.29, 1.82) is 0 Å². The van der Waals surface area contributed by atoms with Gasteiger partial charge in [0.1, 0.15) is 11.4 Å². The van der Waals surface area contributed by atoms with Crippen molar-refractivity contribution >= 4 is 11.5 Å². The van der Waals surface area contributed by atoms with Crippen LogP contribution in [0.1, 0.15) is 5.56 Å². The number of hydrogen-bond donors (Lipinski definition) is 2. The van der Waals surface area contributed by atoms with E-state index in [4.69, 9.17) is 9.72 Å². The van der Waals surface area contributed by atoms with Crippen LogP contribution in [-0.2, 0) is 0 Å². The van der Waals surface area contributed by atoms with Crippen molar-refractivity contribution < 1.29 is 4.74 Å². The molecule has 0 saturated heterocycles. The second-order valence-corrected chi connectivity index (χ2v) is 6.04. The second-order valence-electron chi connectivity index (χ2n) is 6.04. The van der Waals surface area contributed by atoms with Gasteiger partial charge in [0.15, 0.2) is 11.6 Å². The largest absolute Gasteiger partial charge is 0.497 e. The molecule has 4 aromatic rings. The maximum atomic E-state index is 5.21. The average molecular weight is 358 g/mol. The lowest BCUT2D eigenvalue weighted by Crippen LogP contribution is -2.03. The third-order valence-corrected chi connectivity index (χ3v) is 4.12. The molecule has 0 aliphatic heterocycles. The summed E-state index contributed by atoms with van der Waals surface area (Å²) in [7, 11) is 1.64. The van der Waals surface area contributed by atoms with Crippen LogP contribution >= 0.6 is 0 Å². The highest BCUT2D eigenvalue weighted by Crippen LogP contribution is 2.28. The van der Waals surface area contributed by atoms with E-state index in [2.05, 4.69) is 25.7 Å². The summed E-state index contributed by atoms with van der Waals surface area (Å²) in [6, 6.07) is 15.6. The number of hydrogen-bond acceptors (Lipinski definition) is 6. The Labute approximate surface area is 156 Å². The van der Waals surface area contributed by atoms with E-state index in [0.29, 0.717) is 17.3 Å². The molecule has 2 aromatic carbocycles. The third kappa shape index (κ3) is 3.62. The zero-order valence-corrected chi connectivity index (χ0v) is 15.0. The van der Waals surface area contributed by atoms with E-state index >= 15 is 0 Å². The van der Waals surface area contributed by atoms with E-state index in [-0.39, 0.29) is 0 Å². The first-order valence-electron chi connectivity index (χ1n) is 8.45. The highest BCUT2D eigenvalue weighted by Gasteiger charge is 2.13. The first kappa shape index (κ1) is 16.7. The zero-order valence-electron chi connectivity index (χ0n) is 15.0. The van der Waals surface area contributed by atoms with Crippen LogP contribution in [0, 0.1) is 6.92 Å². The summed E-state index contributed by atoms with van der Waals surface area (Å²) in [6.07, 6.45) is 3.45. The highest BCUT2D eigenvalue weighted by atomic mass is 16.5. The van der Waals surface area contributed by atoms with Gasteiger partial charge in [-0.25, -0.2) is 4.98 Å². The second kappa shape index (κ2) is 7.25. The molecule has 2 aromatic heterocycles. The van der Waals surface area contributed by atoms with Crippen molar-refractivity contribution in [2.24, 2.45) is 0 Å².